The van der Waals surface area contributed by atoms with Crippen molar-refractivity contribution in [2.75, 3.05) is 7.05 Å². The maximum atomic E-state index is 3.52. The lowest BCUT2D eigenvalue weighted by molar-refractivity contribution is 0.0242. The van der Waals surface area contributed by atoms with Gasteiger partial charge >= 0.3 is 0 Å². The van der Waals surface area contributed by atoms with Crippen LogP contribution < -0.4 is 5.32 Å². The quantitative estimate of drug-likeness (QED) is 0.839. The van der Waals surface area contributed by atoms with Gasteiger partial charge in [-0.25, -0.2) is 0 Å². The van der Waals surface area contributed by atoms with Crippen molar-refractivity contribution in [2.24, 2.45) is 5.41 Å². The van der Waals surface area contributed by atoms with Crippen LogP contribution in [0.5, 0.6) is 0 Å². The monoisotopic (exact) mass is 245 g/mol. The van der Waals surface area contributed by atoms with Gasteiger partial charge in [-0.3, -0.25) is 0 Å². The Morgan fingerprint density at radius 2 is 1.89 bits per heavy atom. The summed E-state index contributed by atoms with van der Waals surface area (Å²) in [5.74, 6) is 0.741. The first-order valence-electron chi connectivity index (χ1n) is 7.33. The summed E-state index contributed by atoms with van der Waals surface area (Å²) in [6, 6.07) is 7.66. The van der Waals surface area contributed by atoms with Gasteiger partial charge in [0.25, 0.3) is 0 Å². The van der Waals surface area contributed by atoms with Crippen LogP contribution in [0.1, 0.15) is 55.7 Å². The molecular formula is C17H27N. The van der Waals surface area contributed by atoms with E-state index >= 15 is 0 Å². The number of benzene rings is 1. The maximum Gasteiger partial charge on any atom is 0.0132 e. The molecule has 1 aromatic carbocycles. The lowest BCUT2D eigenvalue weighted by Crippen LogP contribution is -2.57. The van der Waals surface area contributed by atoms with Crippen LogP contribution in [0.4, 0.5) is 0 Å². The van der Waals surface area contributed by atoms with Crippen LogP contribution in [-0.4, -0.2) is 13.1 Å². The topological polar surface area (TPSA) is 12.0 Å². The van der Waals surface area contributed by atoms with Gasteiger partial charge in [-0.15, -0.1) is 0 Å². The van der Waals surface area contributed by atoms with Crippen LogP contribution >= 0.6 is 0 Å². The highest BCUT2D eigenvalue weighted by molar-refractivity contribution is 5.37. The minimum atomic E-state index is 0.467. The zero-order valence-corrected chi connectivity index (χ0v) is 12.5. The molecule has 0 aliphatic heterocycles. The van der Waals surface area contributed by atoms with Crippen molar-refractivity contribution in [3.63, 3.8) is 0 Å². The smallest absolute Gasteiger partial charge is 0.0132 e. The van der Waals surface area contributed by atoms with Crippen LogP contribution in [0, 0.1) is 19.3 Å². The average Bonchev–Trinajstić information content (AvgIpc) is 2.33. The zero-order valence-electron chi connectivity index (χ0n) is 12.5. The van der Waals surface area contributed by atoms with Gasteiger partial charge in [-0.1, -0.05) is 37.6 Å². The van der Waals surface area contributed by atoms with E-state index in [1.54, 1.807) is 5.56 Å². The van der Waals surface area contributed by atoms with Crippen LogP contribution in [-0.2, 0) is 0 Å². The summed E-state index contributed by atoms with van der Waals surface area (Å²) >= 11 is 0. The van der Waals surface area contributed by atoms with Crippen LogP contribution in [0.3, 0.4) is 0 Å². The minimum Gasteiger partial charge on any atom is -0.316 e. The van der Waals surface area contributed by atoms with Gasteiger partial charge in [-0.05, 0) is 62.6 Å². The van der Waals surface area contributed by atoms with Gasteiger partial charge < -0.3 is 5.32 Å². The van der Waals surface area contributed by atoms with Crippen molar-refractivity contribution in [1.29, 1.82) is 0 Å². The molecule has 1 aliphatic rings. The van der Waals surface area contributed by atoms with Crippen molar-refractivity contribution < 1.29 is 0 Å². The van der Waals surface area contributed by atoms with E-state index in [2.05, 4.69) is 58.3 Å². The van der Waals surface area contributed by atoms with Crippen molar-refractivity contribution >= 4 is 0 Å². The van der Waals surface area contributed by atoms with E-state index in [1.807, 2.05) is 0 Å². The summed E-state index contributed by atoms with van der Waals surface area (Å²) < 4.78 is 0. The molecule has 18 heavy (non-hydrogen) atoms. The van der Waals surface area contributed by atoms with Gasteiger partial charge in [0.2, 0.25) is 0 Å². The normalized spacial score (nSPS) is 25.8. The third-order valence-electron chi connectivity index (χ3n) is 5.33. The SMILES string of the molecule is CCC1(CC)C(NC)CC1c1ccc(C)cc1C. The fraction of sp³-hybridized carbons (Fsp3) is 0.647. The maximum absolute atomic E-state index is 3.52. The number of nitrogens with one attached hydrogen (secondary N) is 1. The van der Waals surface area contributed by atoms with E-state index in [4.69, 9.17) is 0 Å². The molecule has 0 amide bonds. The van der Waals surface area contributed by atoms with Crippen molar-refractivity contribution in [3.05, 3.63) is 34.9 Å². The molecule has 0 heterocycles. The lowest BCUT2D eigenvalue weighted by Gasteiger charge is -2.56. The van der Waals surface area contributed by atoms with Crippen LogP contribution in [0.15, 0.2) is 18.2 Å². The first-order chi connectivity index (χ1) is 8.58. The third-order valence-corrected chi connectivity index (χ3v) is 5.33. The second-order valence-electron chi connectivity index (χ2n) is 5.93. The van der Waals surface area contributed by atoms with Gasteiger partial charge in [0.1, 0.15) is 0 Å². The van der Waals surface area contributed by atoms with E-state index in [-0.39, 0.29) is 0 Å². The van der Waals surface area contributed by atoms with Gasteiger partial charge in [0.15, 0.2) is 0 Å². The molecule has 0 spiro atoms. The molecule has 0 aromatic heterocycles. The molecule has 100 valence electrons. The Morgan fingerprint density at radius 3 is 2.39 bits per heavy atom. The van der Waals surface area contributed by atoms with E-state index < -0.39 is 0 Å². The standard InChI is InChI=1S/C17H27N/c1-6-17(7-2)15(11-16(17)18-5)14-9-8-12(3)10-13(14)4/h8-10,15-16,18H,6-7,11H2,1-5H3. The van der Waals surface area contributed by atoms with Gasteiger partial charge in [0.05, 0.1) is 0 Å². The number of aryl methyl sites for hydroxylation is 2. The van der Waals surface area contributed by atoms with E-state index in [1.165, 1.54) is 30.4 Å². The highest BCUT2D eigenvalue weighted by Crippen LogP contribution is 2.57. The van der Waals surface area contributed by atoms with E-state index in [9.17, 15) is 0 Å². The second-order valence-corrected chi connectivity index (χ2v) is 5.93. The summed E-state index contributed by atoms with van der Waals surface area (Å²) in [4.78, 5) is 0. The van der Waals surface area contributed by atoms with Crippen LogP contribution in [0.25, 0.3) is 0 Å². The summed E-state index contributed by atoms with van der Waals surface area (Å²) in [7, 11) is 2.11. The number of hydrogen-bond donors (Lipinski definition) is 1. The van der Waals surface area contributed by atoms with Crippen molar-refractivity contribution in [1.82, 2.24) is 5.32 Å². The van der Waals surface area contributed by atoms with Crippen LogP contribution in [0.2, 0.25) is 0 Å². The third kappa shape index (κ3) is 1.89. The summed E-state index contributed by atoms with van der Waals surface area (Å²) in [6.45, 7) is 9.15. The molecule has 1 aliphatic carbocycles. The molecule has 0 bridgehead atoms. The fourth-order valence-electron chi connectivity index (χ4n) is 4.08. The minimum absolute atomic E-state index is 0.467. The molecular weight excluding hydrogens is 218 g/mol. The Balaban J connectivity index is 2.34. The molecule has 2 rings (SSSR count). The number of rotatable bonds is 4. The van der Waals surface area contributed by atoms with E-state index in [0.29, 0.717) is 11.5 Å². The Kier molecular flexibility index (Phi) is 3.82. The Hall–Kier alpha value is -0.820. The molecule has 0 saturated heterocycles. The molecule has 1 N–H and O–H groups in total. The Labute approximate surface area is 112 Å². The predicted octanol–water partition coefficient (Wildman–Crippen LogP) is 4.19. The first-order valence-corrected chi connectivity index (χ1v) is 7.33. The van der Waals surface area contributed by atoms with Gasteiger partial charge in [0, 0.05) is 6.04 Å². The molecule has 2 unspecified atom stereocenters. The molecule has 1 saturated carbocycles. The Bertz CT molecular complexity index is 418. The molecule has 1 nitrogen and oxygen atoms in total. The summed E-state index contributed by atoms with van der Waals surface area (Å²) in [6.07, 6.45) is 3.84. The lowest BCUT2D eigenvalue weighted by atomic mass is 9.51. The highest BCUT2D eigenvalue weighted by Gasteiger charge is 2.52. The average molecular weight is 245 g/mol. The highest BCUT2D eigenvalue weighted by atomic mass is 14.9. The first kappa shape index (κ1) is 13.6. The molecule has 1 heteroatoms. The van der Waals surface area contributed by atoms with E-state index in [0.717, 1.165) is 5.92 Å². The van der Waals surface area contributed by atoms with Crippen molar-refractivity contribution in [2.45, 2.75) is 58.9 Å². The second kappa shape index (κ2) is 5.05. The predicted molar refractivity (Wildman–Crippen MR) is 79.1 cm³/mol. The largest absolute Gasteiger partial charge is 0.316 e. The Morgan fingerprint density at radius 1 is 1.22 bits per heavy atom. The molecule has 1 fully saturated rings. The molecule has 0 radical (unpaired) electrons. The summed E-state index contributed by atoms with van der Waals surface area (Å²) in [5, 5.41) is 3.52. The molecule has 2 atom stereocenters. The van der Waals surface area contributed by atoms with Gasteiger partial charge in [-0.2, -0.15) is 0 Å². The zero-order chi connectivity index (χ0) is 13.3. The number of hydrogen-bond acceptors (Lipinski definition) is 1. The summed E-state index contributed by atoms with van der Waals surface area (Å²) in [5.41, 5.74) is 4.89. The van der Waals surface area contributed by atoms with Crippen molar-refractivity contribution in [3.8, 4) is 0 Å². The molecule has 1 aromatic rings. The fourth-order valence-corrected chi connectivity index (χ4v) is 4.08.